The summed E-state index contributed by atoms with van der Waals surface area (Å²) in [6.07, 6.45) is 6.00. The predicted molar refractivity (Wildman–Crippen MR) is 54.1 cm³/mol. The summed E-state index contributed by atoms with van der Waals surface area (Å²) in [7, 11) is 0. The molecule has 76 valence electrons. The van der Waals surface area contributed by atoms with Gasteiger partial charge in [0.25, 0.3) is 0 Å². The van der Waals surface area contributed by atoms with Crippen LogP contribution in [0.4, 0.5) is 0 Å². The lowest BCUT2D eigenvalue weighted by atomic mass is 10.2. The van der Waals surface area contributed by atoms with E-state index >= 15 is 0 Å². The highest BCUT2D eigenvalue weighted by Gasteiger charge is 2.00. The zero-order valence-corrected chi connectivity index (χ0v) is 8.50. The van der Waals surface area contributed by atoms with Crippen molar-refractivity contribution < 1.29 is 4.79 Å². The number of nitrogens with one attached hydrogen (secondary N) is 1. The number of hydrogen-bond acceptors (Lipinski definition) is 3. The molecule has 0 spiro atoms. The van der Waals surface area contributed by atoms with Gasteiger partial charge in [-0.1, -0.05) is 0 Å². The summed E-state index contributed by atoms with van der Waals surface area (Å²) >= 11 is 5.43. The molecule has 0 saturated heterocycles. The van der Waals surface area contributed by atoms with Crippen LogP contribution in [0.2, 0.25) is 0 Å². The van der Waals surface area contributed by atoms with Crippen molar-refractivity contribution in [1.29, 1.82) is 0 Å². The Hall–Kier alpha value is -1.16. The van der Waals surface area contributed by atoms with Crippen LogP contribution in [0.1, 0.15) is 12.0 Å². The second-order valence-corrected chi connectivity index (χ2v) is 3.16. The van der Waals surface area contributed by atoms with Gasteiger partial charge in [0.05, 0.1) is 0 Å². The first-order chi connectivity index (χ1) is 6.83. The molecule has 0 aliphatic heterocycles. The molecular formula is C9H12ClN3O. The van der Waals surface area contributed by atoms with Crippen molar-refractivity contribution in [1.82, 2.24) is 15.3 Å². The van der Waals surface area contributed by atoms with E-state index in [2.05, 4.69) is 15.3 Å². The summed E-state index contributed by atoms with van der Waals surface area (Å²) < 4.78 is 0. The number of carbonyl (C=O) groups is 1. The molecule has 0 aromatic carbocycles. The summed E-state index contributed by atoms with van der Waals surface area (Å²) in [5, 5.41) is 2.69. The zero-order valence-electron chi connectivity index (χ0n) is 7.74. The number of alkyl halides is 1. The van der Waals surface area contributed by atoms with Crippen molar-refractivity contribution >= 4 is 17.5 Å². The maximum atomic E-state index is 11.2. The molecule has 1 N–H and O–H groups in total. The summed E-state index contributed by atoms with van der Waals surface area (Å²) in [6.45, 7) is 0.520. The molecule has 14 heavy (non-hydrogen) atoms. The monoisotopic (exact) mass is 213 g/mol. The number of carbonyl (C=O) groups excluding carboxylic acids is 1. The normalized spacial score (nSPS) is 9.79. The second kappa shape index (κ2) is 6.32. The Morgan fingerprint density at radius 1 is 1.43 bits per heavy atom. The molecular weight excluding hydrogens is 202 g/mol. The molecule has 0 radical (unpaired) electrons. The van der Waals surface area contributed by atoms with Crippen LogP contribution in [0.15, 0.2) is 18.7 Å². The van der Waals surface area contributed by atoms with E-state index in [1.165, 1.54) is 6.33 Å². The molecule has 0 aliphatic rings. The average molecular weight is 214 g/mol. The molecule has 1 aromatic heterocycles. The molecule has 0 unspecified atom stereocenters. The lowest BCUT2D eigenvalue weighted by Crippen LogP contribution is -2.25. The Labute approximate surface area is 87.7 Å². The van der Waals surface area contributed by atoms with Gasteiger partial charge in [-0.3, -0.25) is 4.79 Å². The van der Waals surface area contributed by atoms with Crippen molar-refractivity contribution in [3.63, 3.8) is 0 Å². The first kappa shape index (κ1) is 10.9. The molecule has 4 nitrogen and oxygen atoms in total. The summed E-state index contributed by atoms with van der Waals surface area (Å²) in [6, 6.07) is 0. The van der Waals surface area contributed by atoms with Crippen molar-refractivity contribution in [2.45, 2.75) is 12.8 Å². The van der Waals surface area contributed by atoms with Gasteiger partial charge >= 0.3 is 0 Å². The molecule has 0 fully saturated rings. The van der Waals surface area contributed by atoms with Crippen LogP contribution in [0.5, 0.6) is 0 Å². The van der Waals surface area contributed by atoms with Gasteiger partial charge in [0.2, 0.25) is 5.91 Å². The zero-order chi connectivity index (χ0) is 10.2. The Bertz CT molecular complexity index is 279. The summed E-state index contributed by atoms with van der Waals surface area (Å²) in [4.78, 5) is 18.9. The lowest BCUT2D eigenvalue weighted by Gasteiger charge is -2.01. The van der Waals surface area contributed by atoms with Crippen LogP contribution in [0, 0.1) is 0 Å². The summed E-state index contributed by atoms with van der Waals surface area (Å²) in [5.74, 6) is 0.453. The van der Waals surface area contributed by atoms with Gasteiger partial charge in [0, 0.05) is 31.2 Å². The van der Waals surface area contributed by atoms with Gasteiger partial charge in [-0.25, -0.2) is 9.97 Å². The van der Waals surface area contributed by atoms with Gasteiger partial charge in [-0.05, 0) is 12.0 Å². The van der Waals surface area contributed by atoms with Crippen molar-refractivity contribution in [2.75, 3.05) is 12.4 Å². The molecule has 0 saturated carbocycles. The molecule has 1 amide bonds. The maximum absolute atomic E-state index is 11.2. The van der Waals surface area contributed by atoms with E-state index in [1.807, 2.05) is 0 Å². The van der Waals surface area contributed by atoms with Crippen molar-refractivity contribution in [3.8, 4) is 0 Å². The highest BCUT2D eigenvalue weighted by atomic mass is 35.5. The van der Waals surface area contributed by atoms with E-state index < -0.39 is 0 Å². The first-order valence-corrected chi connectivity index (χ1v) is 4.93. The minimum absolute atomic E-state index is 0.00880. The molecule has 1 aromatic rings. The largest absolute Gasteiger partial charge is 0.355 e. The fourth-order valence-electron chi connectivity index (χ4n) is 0.992. The molecule has 1 rings (SSSR count). The smallest absolute Gasteiger partial charge is 0.220 e. The third kappa shape index (κ3) is 4.18. The van der Waals surface area contributed by atoms with Gasteiger partial charge in [-0.2, -0.15) is 0 Å². The standard InChI is InChI=1S/C9H12ClN3O/c10-3-4-13-9(14)2-1-8-5-11-7-12-6-8/h5-7H,1-4H2,(H,13,14). The molecule has 5 heteroatoms. The first-order valence-electron chi connectivity index (χ1n) is 4.39. The minimum atomic E-state index is 0.00880. The quantitative estimate of drug-likeness (QED) is 0.735. The topological polar surface area (TPSA) is 54.9 Å². The average Bonchev–Trinajstić information content (AvgIpc) is 2.25. The fraction of sp³-hybridized carbons (Fsp3) is 0.444. The highest BCUT2D eigenvalue weighted by molar-refractivity contribution is 6.18. The molecule has 1 heterocycles. The van der Waals surface area contributed by atoms with Crippen LogP contribution < -0.4 is 5.32 Å². The SMILES string of the molecule is O=C(CCc1cncnc1)NCCCl. The summed E-state index contributed by atoms with van der Waals surface area (Å²) in [5.41, 5.74) is 0.966. The Morgan fingerprint density at radius 3 is 2.79 bits per heavy atom. The highest BCUT2D eigenvalue weighted by Crippen LogP contribution is 1.97. The Morgan fingerprint density at radius 2 is 2.14 bits per heavy atom. The van der Waals surface area contributed by atoms with Crippen LogP contribution in [0.25, 0.3) is 0 Å². The van der Waals surface area contributed by atoms with E-state index in [9.17, 15) is 4.79 Å². The van der Waals surface area contributed by atoms with E-state index in [1.54, 1.807) is 12.4 Å². The van der Waals surface area contributed by atoms with Gasteiger partial charge in [0.1, 0.15) is 6.33 Å². The minimum Gasteiger partial charge on any atom is -0.355 e. The van der Waals surface area contributed by atoms with Gasteiger partial charge < -0.3 is 5.32 Å². The number of halogens is 1. The number of aromatic nitrogens is 2. The fourth-order valence-corrected chi connectivity index (χ4v) is 1.09. The van der Waals surface area contributed by atoms with Crippen LogP contribution in [-0.2, 0) is 11.2 Å². The number of nitrogens with zero attached hydrogens (tertiary/aromatic N) is 2. The third-order valence-corrected chi connectivity index (χ3v) is 1.86. The van der Waals surface area contributed by atoms with Crippen LogP contribution in [0.3, 0.4) is 0 Å². The van der Waals surface area contributed by atoms with E-state index in [4.69, 9.17) is 11.6 Å². The van der Waals surface area contributed by atoms with Crippen LogP contribution >= 0.6 is 11.6 Å². The number of amides is 1. The van der Waals surface area contributed by atoms with Crippen molar-refractivity contribution in [2.24, 2.45) is 0 Å². The number of hydrogen-bond donors (Lipinski definition) is 1. The van der Waals surface area contributed by atoms with Gasteiger partial charge in [0.15, 0.2) is 0 Å². The number of rotatable bonds is 5. The van der Waals surface area contributed by atoms with E-state index in [0.29, 0.717) is 25.3 Å². The molecule has 0 aliphatic carbocycles. The Balaban J connectivity index is 2.24. The lowest BCUT2D eigenvalue weighted by molar-refractivity contribution is -0.120. The predicted octanol–water partition coefficient (Wildman–Crippen LogP) is 0.764. The van der Waals surface area contributed by atoms with Gasteiger partial charge in [-0.15, -0.1) is 11.6 Å². The third-order valence-electron chi connectivity index (χ3n) is 1.67. The number of aryl methyl sites for hydroxylation is 1. The van der Waals surface area contributed by atoms with E-state index in [0.717, 1.165) is 5.56 Å². The Kier molecular flexibility index (Phi) is 4.93. The molecule has 0 bridgehead atoms. The molecule has 0 atom stereocenters. The van der Waals surface area contributed by atoms with Crippen molar-refractivity contribution in [3.05, 3.63) is 24.3 Å². The second-order valence-electron chi connectivity index (χ2n) is 2.79. The van der Waals surface area contributed by atoms with Crippen LogP contribution in [-0.4, -0.2) is 28.3 Å². The van der Waals surface area contributed by atoms with E-state index in [-0.39, 0.29) is 5.91 Å². The maximum Gasteiger partial charge on any atom is 0.220 e.